The molecule has 92 valence electrons. The molecule has 16 heavy (non-hydrogen) atoms. The fourth-order valence-corrected chi connectivity index (χ4v) is 1.96. The number of sulfonamides is 1. The molecule has 0 saturated carbocycles. The molecule has 0 heterocycles. The van der Waals surface area contributed by atoms with Crippen molar-refractivity contribution in [1.82, 2.24) is 0 Å². The largest absolute Gasteiger partial charge is 0.507 e. The van der Waals surface area contributed by atoms with Crippen LogP contribution in [0.4, 0.5) is 0 Å². The molecule has 5 nitrogen and oxygen atoms in total. The zero-order valence-electron chi connectivity index (χ0n) is 8.75. The molecule has 0 amide bonds. The number of hydrogen-bond donors (Lipinski definition) is 3. The van der Waals surface area contributed by atoms with Crippen LogP contribution in [-0.2, 0) is 16.4 Å². The van der Waals surface area contributed by atoms with Crippen molar-refractivity contribution in [2.75, 3.05) is 0 Å². The van der Waals surface area contributed by atoms with Crippen LogP contribution in [-0.4, -0.2) is 19.6 Å². The van der Waals surface area contributed by atoms with E-state index in [4.69, 9.17) is 10.9 Å². The molecule has 7 heteroatoms. The molecule has 1 atom stereocenters. The summed E-state index contributed by atoms with van der Waals surface area (Å²) >= 11 is 0. The first-order valence-electron chi connectivity index (χ1n) is 4.41. The third-order valence-electron chi connectivity index (χ3n) is 1.89. The van der Waals surface area contributed by atoms with Gasteiger partial charge in [0.1, 0.15) is 10.6 Å². The Morgan fingerprint density at radius 3 is 2.44 bits per heavy atom. The zero-order chi connectivity index (χ0) is 11.6. The lowest BCUT2D eigenvalue weighted by Gasteiger charge is -2.08. The van der Waals surface area contributed by atoms with Crippen molar-refractivity contribution >= 4 is 22.4 Å². The van der Waals surface area contributed by atoms with Crippen molar-refractivity contribution < 1.29 is 13.5 Å². The van der Waals surface area contributed by atoms with Gasteiger partial charge in [-0.3, -0.25) is 0 Å². The zero-order valence-corrected chi connectivity index (χ0v) is 10.4. The van der Waals surface area contributed by atoms with E-state index in [2.05, 4.69) is 0 Å². The van der Waals surface area contributed by atoms with Gasteiger partial charge in [-0.15, -0.1) is 12.4 Å². The quantitative estimate of drug-likeness (QED) is 0.734. The molecule has 1 aromatic carbocycles. The summed E-state index contributed by atoms with van der Waals surface area (Å²) in [4.78, 5) is -0.263. The number of benzene rings is 1. The van der Waals surface area contributed by atoms with Gasteiger partial charge in [0.05, 0.1) is 0 Å². The molecule has 0 aromatic heterocycles. The molecule has 0 bridgehead atoms. The van der Waals surface area contributed by atoms with E-state index >= 15 is 0 Å². The highest BCUT2D eigenvalue weighted by Gasteiger charge is 2.14. The summed E-state index contributed by atoms with van der Waals surface area (Å²) in [6, 6.07) is 4.18. The lowest BCUT2D eigenvalue weighted by Crippen LogP contribution is -2.18. The van der Waals surface area contributed by atoms with Crippen molar-refractivity contribution in [2.45, 2.75) is 24.3 Å². The summed E-state index contributed by atoms with van der Waals surface area (Å²) < 4.78 is 22.2. The number of rotatable bonds is 3. The molecular formula is C9H15ClN2O3S. The molecule has 1 rings (SSSR count). The Kier molecular flexibility index (Phi) is 5.21. The minimum Gasteiger partial charge on any atom is -0.507 e. The van der Waals surface area contributed by atoms with E-state index < -0.39 is 10.0 Å². The Morgan fingerprint density at radius 2 is 2.00 bits per heavy atom. The maximum Gasteiger partial charge on any atom is 0.241 e. The molecule has 0 spiro atoms. The molecule has 0 aliphatic heterocycles. The first-order chi connectivity index (χ1) is 6.80. The normalized spacial score (nSPS) is 12.9. The van der Waals surface area contributed by atoms with Crippen LogP contribution < -0.4 is 10.9 Å². The van der Waals surface area contributed by atoms with E-state index in [0.29, 0.717) is 6.42 Å². The van der Waals surface area contributed by atoms with Gasteiger partial charge in [-0.25, -0.2) is 13.6 Å². The van der Waals surface area contributed by atoms with Gasteiger partial charge in [-0.05, 0) is 31.0 Å². The van der Waals surface area contributed by atoms with Crippen molar-refractivity contribution in [3.05, 3.63) is 23.8 Å². The van der Waals surface area contributed by atoms with Gasteiger partial charge < -0.3 is 10.8 Å². The number of aromatic hydroxyl groups is 1. The number of halogens is 1. The van der Waals surface area contributed by atoms with Gasteiger partial charge in [0.2, 0.25) is 10.0 Å². The molecule has 0 aliphatic rings. The van der Waals surface area contributed by atoms with E-state index in [1.54, 1.807) is 6.07 Å². The highest BCUT2D eigenvalue weighted by molar-refractivity contribution is 7.89. The van der Waals surface area contributed by atoms with E-state index in [1.807, 2.05) is 6.92 Å². The van der Waals surface area contributed by atoms with Gasteiger partial charge in [-0.2, -0.15) is 0 Å². The predicted octanol–water partition coefficient (Wildman–Crippen LogP) is 0.351. The van der Waals surface area contributed by atoms with Crippen molar-refractivity contribution in [3.63, 3.8) is 0 Å². The van der Waals surface area contributed by atoms with Crippen molar-refractivity contribution in [2.24, 2.45) is 10.9 Å². The average molecular weight is 267 g/mol. The van der Waals surface area contributed by atoms with Crippen LogP contribution in [0.5, 0.6) is 5.75 Å². The van der Waals surface area contributed by atoms with Gasteiger partial charge in [-0.1, -0.05) is 6.07 Å². The first kappa shape index (κ1) is 15.2. The van der Waals surface area contributed by atoms with Gasteiger partial charge in [0.25, 0.3) is 0 Å². The number of hydrogen-bond acceptors (Lipinski definition) is 4. The van der Waals surface area contributed by atoms with Gasteiger partial charge in [0, 0.05) is 6.04 Å². The minimum absolute atomic E-state index is 0. The molecule has 0 aliphatic carbocycles. The van der Waals surface area contributed by atoms with Crippen LogP contribution in [0.2, 0.25) is 0 Å². The average Bonchev–Trinajstić information content (AvgIpc) is 2.05. The van der Waals surface area contributed by atoms with E-state index in [0.717, 1.165) is 5.56 Å². The van der Waals surface area contributed by atoms with E-state index in [1.165, 1.54) is 12.1 Å². The Bertz CT molecular complexity index is 460. The Hall–Kier alpha value is -0.820. The molecule has 5 N–H and O–H groups in total. The van der Waals surface area contributed by atoms with Gasteiger partial charge >= 0.3 is 0 Å². The highest BCUT2D eigenvalue weighted by Crippen LogP contribution is 2.22. The second-order valence-electron chi connectivity index (χ2n) is 3.53. The number of primary sulfonamides is 1. The molecular weight excluding hydrogens is 252 g/mol. The third kappa shape index (κ3) is 3.97. The van der Waals surface area contributed by atoms with Crippen LogP contribution in [0.1, 0.15) is 12.5 Å². The van der Waals surface area contributed by atoms with E-state index in [-0.39, 0.29) is 29.1 Å². The standard InChI is InChI=1S/C9H14N2O3S.ClH/c1-6(10)4-7-2-3-8(12)9(5-7)15(11,13)14;/h2-3,5-6,12H,4,10H2,1H3,(H2,11,13,14);1H/t6-;/m1./s1. The summed E-state index contributed by atoms with van der Waals surface area (Å²) in [6.07, 6.45) is 0.531. The van der Waals surface area contributed by atoms with Crippen LogP contribution >= 0.6 is 12.4 Å². The summed E-state index contributed by atoms with van der Waals surface area (Å²) in [5.74, 6) is -0.342. The third-order valence-corrected chi connectivity index (χ3v) is 2.83. The van der Waals surface area contributed by atoms with Gasteiger partial charge in [0.15, 0.2) is 0 Å². The smallest absolute Gasteiger partial charge is 0.241 e. The summed E-state index contributed by atoms with van der Waals surface area (Å²) in [6.45, 7) is 1.81. The minimum atomic E-state index is -3.88. The van der Waals surface area contributed by atoms with Crippen molar-refractivity contribution in [1.29, 1.82) is 0 Å². The molecule has 1 aromatic rings. The fourth-order valence-electron chi connectivity index (χ4n) is 1.29. The summed E-state index contributed by atoms with van der Waals surface area (Å²) in [5.41, 5.74) is 6.31. The predicted molar refractivity (Wildman–Crippen MR) is 64.1 cm³/mol. The Balaban J connectivity index is 0.00000225. The maximum absolute atomic E-state index is 11.1. The van der Waals surface area contributed by atoms with Crippen LogP contribution in [0, 0.1) is 0 Å². The Labute approximate surface area is 101 Å². The SMILES string of the molecule is C[C@@H](N)Cc1ccc(O)c(S(N)(=O)=O)c1.Cl. The number of phenolic OH excluding ortho intramolecular Hbond substituents is 1. The first-order valence-corrected chi connectivity index (χ1v) is 5.95. The fraction of sp³-hybridized carbons (Fsp3) is 0.333. The second kappa shape index (κ2) is 5.49. The molecule has 0 saturated heterocycles. The lowest BCUT2D eigenvalue weighted by atomic mass is 10.1. The van der Waals surface area contributed by atoms with Crippen LogP contribution in [0.25, 0.3) is 0 Å². The molecule has 0 fully saturated rings. The number of phenols is 1. The summed E-state index contributed by atoms with van der Waals surface area (Å²) in [5, 5.41) is 14.3. The monoisotopic (exact) mass is 266 g/mol. The maximum atomic E-state index is 11.1. The van der Waals surface area contributed by atoms with E-state index in [9.17, 15) is 13.5 Å². The number of nitrogens with two attached hydrogens (primary N) is 2. The Morgan fingerprint density at radius 1 is 1.44 bits per heavy atom. The summed E-state index contributed by atoms with van der Waals surface area (Å²) in [7, 11) is -3.88. The van der Waals surface area contributed by atoms with Crippen LogP contribution in [0.3, 0.4) is 0 Å². The van der Waals surface area contributed by atoms with Crippen molar-refractivity contribution in [3.8, 4) is 5.75 Å². The second-order valence-corrected chi connectivity index (χ2v) is 5.06. The lowest BCUT2D eigenvalue weighted by molar-refractivity contribution is 0.458. The molecule has 0 radical (unpaired) electrons. The highest BCUT2D eigenvalue weighted by atomic mass is 35.5. The molecule has 0 unspecified atom stereocenters. The topological polar surface area (TPSA) is 106 Å². The van der Waals surface area contributed by atoms with Crippen LogP contribution in [0.15, 0.2) is 23.1 Å².